The molecule has 0 unspecified atom stereocenters. The predicted molar refractivity (Wildman–Crippen MR) is 209 cm³/mol. The summed E-state index contributed by atoms with van der Waals surface area (Å²) < 4.78 is 8.91. The summed E-state index contributed by atoms with van der Waals surface area (Å²) >= 11 is 0. The number of aryl methyl sites for hydroxylation is 2. The molecule has 0 fully saturated rings. The number of ether oxygens (including phenoxy) is 1. The maximum absolute atomic E-state index is 6.65. The lowest BCUT2D eigenvalue weighted by molar-refractivity contribution is 0.483. The summed E-state index contributed by atoms with van der Waals surface area (Å²) in [6.45, 7) is 16.4. The molecule has 5 aromatic carbocycles. The largest absolute Gasteiger partial charge is 0.457 e. The van der Waals surface area contributed by atoms with E-state index < -0.39 is 0 Å². The van der Waals surface area contributed by atoms with Gasteiger partial charge in [-0.05, 0) is 102 Å². The molecule has 2 aromatic heterocycles. The van der Waals surface area contributed by atoms with Gasteiger partial charge in [0.1, 0.15) is 24.0 Å². The Hall–Kier alpha value is -5.55. The first-order chi connectivity index (χ1) is 24.1. The molecule has 250 valence electrons. The maximum atomic E-state index is 6.65. The lowest BCUT2D eigenvalue weighted by atomic mass is 9.88. The highest BCUT2D eigenvalue weighted by molar-refractivity contribution is 6.09. The number of aromatic nitrogens is 2. The summed E-state index contributed by atoms with van der Waals surface area (Å²) in [5.74, 6) is 2.98. The highest BCUT2D eigenvalue weighted by Gasteiger charge is 2.30. The van der Waals surface area contributed by atoms with Gasteiger partial charge in [-0.25, -0.2) is 4.98 Å². The Morgan fingerprint density at radius 3 is 2.08 bits per heavy atom. The molecular weight excluding hydrogens is 613 g/mol. The van der Waals surface area contributed by atoms with Crippen molar-refractivity contribution in [2.24, 2.45) is 0 Å². The van der Waals surface area contributed by atoms with Gasteiger partial charge in [-0.3, -0.25) is 4.57 Å². The SMILES string of the molecule is Cc1cc(C(C)C)cc(C)c1N1CN(c2cccc(Oc3ccc4c5ccccc5n(-c5cc(C(C)(C)C)ccn5)c4c3)c2)c2ccccc21. The zero-order valence-corrected chi connectivity index (χ0v) is 30.0. The zero-order valence-electron chi connectivity index (χ0n) is 30.0. The number of hydrogen-bond acceptors (Lipinski definition) is 4. The Morgan fingerprint density at radius 2 is 1.34 bits per heavy atom. The Labute approximate surface area is 295 Å². The molecule has 3 heterocycles. The third kappa shape index (κ3) is 5.47. The average Bonchev–Trinajstić information content (AvgIpc) is 3.64. The molecule has 7 aromatic rings. The van der Waals surface area contributed by atoms with E-state index in [4.69, 9.17) is 9.72 Å². The molecule has 0 saturated carbocycles. The fraction of sp³-hybridized carbons (Fsp3) is 0.222. The molecule has 1 aliphatic rings. The second-order valence-electron chi connectivity index (χ2n) is 14.9. The third-order valence-corrected chi connectivity index (χ3v) is 10.0. The fourth-order valence-corrected chi connectivity index (χ4v) is 7.49. The van der Waals surface area contributed by atoms with E-state index in [1.807, 2.05) is 12.3 Å². The van der Waals surface area contributed by atoms with Gasteiger partial charge >= 0.3 is 0 Å². The highest BCUT2D eigenvalue weighted by atomic mass is 16.5. The Kier molecular flexibility index (Phi) is 7.67. The van der Waals surface area contributed by atoms with Crippen LogP contribution in [0.25, 0.3) is 27.6 Å². The smallest absolute Gasteiger partial charge is 0.137 e. The first-order valence-corrected chi connectivity index (χ1v) is 17.6. The van der Waals surface area contributed by atoms with Gasteiger partial charge in [0.25, 0.3) is 0 Å². The van der Waals surface area contributed by atoms with E-state index >= 15 is 0 Å². The van der Waals surface area contributed by atoms with Crippen LogP contribution in [0.15, 0.2) is 121 Å². The van der Waals surface area contributed by atoms with E-state index in [-0.39, 0.29) is 5.41 Å². The van der Waals surface area contributed by atoms with Crippen molar-refractivity contribution in [1.29, 1.82) is 0 Å². The van der Waals surface area contributed by atoms with Crippen molar-refractivity contribution < 1.29 is 4.74 Å². The van der Waals surface area contributed by atoms with E-state index in [1.54, 1.807) is 0 Å². The predicted octanol–water partition coefficient (Wildman–Crippen LogP) is 12.3. The molecule has 0 atom stereocenters. The van der Waals surface area contributed by atoms with Crippen LogP contribution in [0.5, 0.6) is 11.5 Å². The molecule has 0 saturated heterocycles. The summed E-state index contributed by atoms with van der Waals surface area (Å²) in [5, 5.41) is 2.37. The van der Waals surface area contributed by atoms with Crippen LogP contribution in [0, 0.1) is 13.8 Å². The summed E-state index contributed by atoms with van der Waals surface area (Å²) in [6, 6.07) is 41.1. The van der Waals surface area contributed by atoms with Crippen molar-refractivity contribution in [2.45, 2.75) is 59.8 Å². The lowest BCUT2D eigenvalue weighted by Crippen LogP contribution is -2.25. The van der Waals surface area contributed by atoms with Crippen LogP contribution in [-0.4, -0.2) is 16.2 Å². The van der Waals surface area contributed by atoms with E-state index in [1.165, 1.54) is 50.1 Å². The van der Waals surface area contributed by atoms with Gasteiger partial charge in [0.15, 0.2) is 0 Å². The van der Waals surface area contributed by atoms with Gasteiger partial charge in [-0.2, -0.15) is 0 Å². The zero-order chi connectivity index (χ0) is 34.7. The van der Waals surface area contributed by atoms with Crippen molar-refractivity contribution in [3.8, 4) is 17.3 Å². The number of para-hydroxylation sites is 3. The topological polar surface area (TPSA) is 33.5 Å². The Bertz CT molecular complexity index is 2370. The molecule has 50 heavy (non-hydrogen) atoms. The Morgan fingerprint density at radius 1 is 0.660 bits per heavy atom. The molecule has 0 amide bonds. The molecular formula is C45H44N4O. The van der Waals surface area contributed by atoms with Crippen molar-refractivity contribution in [3.63, 3.8) is 0 Å². The Balaban J connectivity index is 1.15. The van der Waals surface area contributed by atoms with Gasteiger partial charge in [-0.1, -0.05) is 83.1 Å². The summed E-state index contributed by atoms with van der Waals surface area (Å²) in [6.07, 6.45) is 1.92. The summed E-state index contributed by atoms with van der Waals surface area (Å²) in [7, 11) is 0. The third-order valence-electron chi connectivity index (χ3n) is 10.0. The minimum absolute atomic E-state index is 0.0126. The minimum Gasteiger partial charge on any atom is -0.457 e. The standard InChI is InChI=1S/C45H44N4O/c1-29(2)32-23-30(3)44(31(4)24-32)48-28-47(40-17-10-11-18-41(40)48)34-13-12-14-35(26-34)50-36-19-20-38-37-15-8-9-16-39(37)49(42(38)27-36)43-25-33(21-22-46-43)45(5,6)7/h8-27,29H,28H2,1-7H3. The van der Waals surface area contributed by atoms with Crippen molar-refractivity contribution >= 4 is 44.6 Å². The van der Waals surface area contributed by atoms with Crippen LogP contribution in [0.2, 0.25) is 0 Å². The minimum atomic E-state index is 0.0126. The molecule has 0 aliphatic carbocycles. The van der Waals surface area contributed by atoms with E-state index in [2.05, 4.69) is 172 Å². The number of benzene rings is 5. The number of anilines is 4. The first kappa shape index (κ1) is 31.7. The van der Waals surface area contributed by atoms with E-state index in [0.29, 0.717) is 5.92 Å². The van der Waals surface area contributed by atoms with E-state index in [0.717, 1.165) is 40.7 Å². The highest BCUT2D eigenvalue weighted by Crippen LogP contribution is 2.47. The number of rotatable bonds is 6. The molecule has 0 spiro atoms. The lowest BCUT2D eigenvalue weighted by Gasteiger charge is -2.26. The number of nitrogens with zero attached hydrogens (tertiary/aromatic N) is 4. The molecule has 0 radical (unpaired) electrons. The second kappa shape index (κ2) is 12.1. The monoisotopic (exact) mass is 656 g/mol. The van der Waals surface area contributed by atoms with Gasteiger partial charge in [-0.15, -0.1) is 0 Å². The van der Waals surface area contributed by atoms with Crippen molar-refractivity contribution in [1.82, 2.24) is 9.55 Å². The van der Waals surface area contributed by atoms with Gasteiger partial charge in [0.2, 0.25) is 0 Å². The number of hydrogen-bond donors (Lipinski definition) is 0. The molecule has 5 nitrogen and oxygen atoms in total. The quantitative estimate of drug-likeness (QED) is 0.178. The van der Waals surface area contributed by atoms with Crippen LogP contribution >= 0.6 is 0 Å². The maximum Gasteiger partial charge on any atom is 0.137 e. The van der Waals surface area contributed by atoms with Crippen LogP contribution < -0.4 is 14.5 Å². The summed E-state index contributed by atoms with van der Waals surface area (Å²) in [4.78, 5) is 9.68. The van der Waals surface area contributed by atoms with Crippen LogP contribution in [-0.2, 0) is 5.41 Å². The molecule has 8 rings (SSSR count). The number of pyridine rings is 1. The van der Waals surface area contributed by atoms with Crippen LogP contribution in [0.1, 0.15) is 62.8 Å². The molecule has 0 bridgehead atoms. The molecule has 1 aliphatic heterocycles. The van der Waals surface area contributed by atoms with Crippen LogP contribution in [0.4, 0.5) is 22.7 Å². The van der Waals surface area contributed by atoms with Gasteiger partial charge < -0.3 is 14.5 Å². The molecule has 5 heteroatoms. The number of fused-ring (bicyclic) bond motifs is 4. The second-order valence-corrected chi connectivity index (χ2v) is 14.9. The summed E-state index contributed by atoms with van der Waals surface area (Å²) in [5.41, 5.74) is 12.2. The van der Waals surface area contributed by atoms with Crippen molar-refractivity contribution in [3.05, 3.63) is 144 Å². The first-order valence-electron chi connectivity index (χ1n) is 17.6. The van der Waals surface area contributed by atoms with Crippen molar-refractivity contribution in [2.75, 3.05) is 16.5 Å². The average molecular weight is 657 g/mol. The van der Waals surface area contributed by atoms with Crippen LogP contribution in [0.3, 0.4) is 0 Å². The fourth-order valence-electron chi connectivity index (χ4n) is 7.49. The van der Waals surface area contributed by atoms with Gasteiger partial charge in [0, 0.05) is 40.5 Å². The normalized spacial score (nSPS) is 13.1. The van der Waals surface area contributed by atoms with Gasteiger partial charge in [0.05, 0.1) is 22.4 Å². The molecule has 0 N–H and O–H groups in total. The van der Waals surface area contributed by atoms with E-state index in [9.17, 15) is 0 Å².